The van der Waals surface area contributed by atoms with Gasteiger partial charge in [-0.1, -0.05) is 36.8 Å². The Kier molecular flexibility index (Phi) is 4.26. The lowest BCUT2D eigenvalue weighted by atomic mass is 10.0. The van der Waals surface area contributed by atoms with Crippen molar-refractivity contribution in [3.8, 4) is 5.75 Å². The van der Waals surface area contributed by atoms with Gasteiger partial charge in [-0.3, -0.25) is 0 Å². The summed E-state index contributed by atoms with van der Waals surface area (Å²) >= 11 is 0. The highest BCUT2D eigenvalue weighted by molar-refractivity contribution is 5.86. The average Bonchev–Trinajstić information content (AvgIpc) is 3.35. The fourth-order valence-electron chi connectivity index (χ4n) is 2.54. The van der Waals surface area contributed by atoms with Crippen molar-refractivity contribution in [3.05, 3.63) is 47.5 Å². The highest BCUT2D eigenvalue weighted by Crippen LogP contribution is 2.23. The zero-order valence-corrected chi connectivity index (χ0v) is 12.9. The maximum atomic E-state index is 5.27. The molecule has 110 valence electrons. The predicted molar refractivity (Wildman–Crippen MR) is 89.8 cm³/mol. The SMILES string of the molecule is CCC(=Cc1ccc2cc(OC)ccc2c1)CNC1CC1. The first-order valence-electron chi connectivity index (χ1n) is 7.79. The predicted octanol–water partition coefficient (Wildman–Crippen LogP) is 4.39. The molecule has 1 fully saturated rings. The van der Waals surface area contributed by atoms with E-state index in [1.165, 1.54) is 34.8 Å². The lowest BCUT2D eigenvalue weighted by Gasteiger charge is -2.07. The van der Waals surface area contributed by atoms with Crippen molar-refractivity contribution in [2.24, 2.45) is 0 Å². The molecule has 0 spiro atoms. The molecule has 1 aliphatic rings. The highest BCUT2D eigenvalue weighted by atomic mass is 16.5. The van der Waals surface area contributed by atoms with E-state index in [0.717, 1.165) is 24.8 Å². The summed E-state index contributed by atoms with van der Waals surface area (Å²) < 4.78 is 5.27. The summed E-state index contributed by atoms with van der Waals surface area (Å²) in [7, 11) is 1.71. The van der Waals surface area contributed by atoms with Crippen molar-refractivity contribution >= 4 is 16.8 Å². The van der Waals surface area contributed by atoms with E-state index in [2.05, 4.69) is 48.6 Å². The van der Waals surface area contributed by atoms with Crippen LogP contribution in [0.2, 0.25) is 0 Å². The smallest absolute Gasteiger partial charge is 0.119 e. The van der Waals surface area contributed by atoms with E-state index in [9.17, 15) is 0 Å². The first-order chi connectivity index (χ1) is 10.3. The van der Waals surface area contributed by atoms with Gasteiger partial charge in [0.05, 0.1) is 7.11 Å². The molecule has 0 aliphatic heterocycles. The van der Waals surface area contributed by atoms with E-state index in [-0.39, 0.29) is 0 Å². The summed E-state index contributed by atoms with van der Waals surface area (Å²) in [5.41, 5.74) is 2.75. The minimum atomic E-state index is 0.768. The van der Waals surface area contributed by atoms with Crippen LogP contribution < -0.4 is 10.1 Å². The molecule has 2 heteroatoms. The number of hydrogen-bond donors (Lipinski definition) is 1. The van der Waals surface area contributed by atoms with Gasteiger partial charge in [-0.25, -0.2) is 0 Å². The Morgan fingerprint density at radius 2 is 1.95 bits per heavy atom. The molecule has 3 rings (SSSR count). The maximum Gasteiger partial charge on any atom is 0.119 e. The molecule has 0 aromatic heterocycles. The zero-order chi connectivity index (χ0) is 14.7. The molecule has 21 heavy (non-hydrogen) atoms. The lowest BCUT2D eigenvalue weighted by Crippen LogP contribution is -2.18. The van der Waals surface area contributed by atoms with Crippen LogP contribution in [-0.2, 0) is 0 Å². The molecule has 0 bridgehead atoms. The zero-order valence-electron chi connectivity index (χ0n) is 12.9. The highest BCUT2D eigenvalue weighted by Gasteiger charge is 2.19. The van der Waals surface area contributed by atoms with Gasteiger partial charge in [0.25, 0.3) is 0 Å². The molecule has 1 saturated carbocycles. The molecule has 2 aromatic carbocycles. The lowest BCUT2D eigenvalue weighted by molar-refractivity contribution is 0.415. The molecule has 0 radical (unpaired) electrons. The van der Waals surface area contributed by atoms with Crippen molar-refractivity contribution < 1.29 is 4.74 Å². The number of methoxy groups -OCH3 is 1. The number of hydrogen-bond acceptors (Lipinski definition) is 2. The van der Waals surface area contributed by atoms with E-state index in [1.54, 1.807) is 7.11 Å². The molecule has 1 aliphatic carbocycles. The number of fused-ring (bicyclic) bond motifs is 1. The second-order valence-corrected chi connectivity index (χ2v) is 5.78. The van der Waals surface area contributed by atoms with Gasteiger partial charge in [-0.2, -0.15) is 0 Å². The number of benzene rings is 2. The average molecular weight is 281 g/mol. The fourth-order valence-corrected chi connectivity index (χ4v) is 2.54. The Morgan fingerprint density at radius 3 is 2.67 bits per heavy atom. The maximum absolute atomic E-state index is 5.27. The minimum absolute atomic E-state index is 0.768. The first-order valence-corrected chi connectivity index (χ1v) is 7.79. The standard InChI is InChI=1S/C19H23NO/c1-3-14(13-20-18-7-8-18)10-15-4-5-17-12-19(21-2)9-6-16(17)11-15/h4-6,9-12,18,20H,3,7-8,13H2,1-2H3. The van der Waals surface area contributed by atoms with Crippen LogP contribution in [0.1, 0.15) is 31.7 Å². The topological polar surface area (TPSA) is 21.3 Å². The second kappa shape index (κ2) is 6.31. The Labute approximate surface area is 126 Å². The van der Waals surface area contributed by atoms with Crippen LogP contribution in [0.25, 0.3) is 16.8 Å². The normalized spacial score (nSPS) is 15.4. The van der Waals surface area contributed by atoms with Crippen LogP contribution in [0.4, 0.5) is 0 Å². The Balaban J connectivity index is 1.81. The van der Waals surface area contributed by atoms with E-state index < -0.39 is 0 Å². The third-order valence-electron chi connectivity index (χ3n) is 4.09. The number of rotatable bonds is 6. The van der Waals surface area contributed by atoms with Crippen molar-refractivity contribution in [3.63, 3.8) is 0 Å². The minimum Gasteiger partial charge on any atom is -0.497 e. The summed E-state index contributed by atoms with van der Waals surface area (Å²) in [4.78, 5) is 0. The van der Waals surface area contributed by atoms with Crippen LogP contribution in [0.15, 0.2) is 42.0 Å². The molecular formula is C19H23NO. The molecule has 2 nitrogen and oxygen atoms in total. The van der Waals surface area contributed by atoms with E-state index in [1.807, 2.05) is 6.07 Å². The number of nitrogens with one attached hydrogen (secondary N) is 1. The molecule has 0 unspecified atom stereocenters. The Bertz CT molecular complexity index is 656. The van der Waals surface area contributed by atoms with Gasteiger partial charge < -0.3 is 10.1 Å². The van der Waals surface area contributed by atoms with E-state index in [4.69, 9.17) is 4.74 Å². The van der Waals surface area contributed by atoms with Gasteiger partial charge in [-0.15, -0.1) is 0 Å². The first kappa shape index (κ1) is 14.2. The Morgan fingerprint density at radius 1 is 1.19 bits per heavy atom. The largest absolute Gasteiger partial charge is 0.497 e. The van der Waals surface area contributed by atoms with Crippen molar-refractivity contribution in [1.29, 1.82) is 0 Å². The third-order valence-corrected chi connectivity index (χ3v) is 4.09. The van der Waals surface area contributed by atoms with Crippen LogP contribution in [0.5, 0.6) is 5.75 Å². The molecule has 1 N–H and O–H groups in total. The van der Waals surface area contributed by atoms with Gasteiger partial charge in [0.1, 0.15) is 5.75 Å². The van der Waals surface area contributed by atoms with E-state index >= 15 is 0 Å². The van der Waals surface area contributed by atoms with Crippen LogP contribution in [0, 0.1) is 0 Å². The van der Waals surface area contributed by atoms with Crippen molar-refractivity contribution in [2.45, 2.75) is 32.2 Å². The van der Waals surface area contributed by atoms with Crippen LogP contribution in [0.3, 0.4) is 0 Å². The van der Waals surface area contributed by atoms with Crippen molar-refractivity contribution in [1.82, 2.24) is 5.32 Å². The van der Waals surface area contributed by atoms with Gasteiger partial charge in [0.15, 0.2) is 0 Å². The van der Waals surface area contributed by atoms with Gasteiger partial charge in [0.2, 0.25) is 0 Å². The Hall–Kier alpha value is -1.80. The quantitative estimate of drug-likeness (QED) is 0.847. The van der Waals surface area contributed by atoms with Crippen molar-refractivity contribution in [2.75, 3.05) is 13.7 Å². The molecule has 0 amide bonds. The summed E-state index contributed by atoms with van der Waals surface area (Å²) in [5, 5.41) is 6.08. The van der Waals surface area contributed by atoms with Gasteiger partial charge >= 0.3 is 0 Å². The van der Waals surface area contributed by atoms with Crippen LogP contribution in [-0.4, -0.2) is 19.7 Å². The molecule has 2 aromatic rings. The second-order valence-electron chi connectivity index (χ2n) is 5.78. The van der Waals surface area contributed by atoms with Gasteiger partial charge in [0, 0.05) is 12.6 Å². The number of ether oxygens (including phenoxy) is 1. The summed E-state index contributed by atoms with van der Waals surface area (Å²) in [6, 6.07) is 13.6. The molecule has 0 heterocycles. The third kappa shape index (κ3) is 3.64. The monoisotopic (exact) mass is 281 g/mol. The molecular weight excluding hydrogens is 258 g/mol. The summed E-state index contributed by atoms with van der Waals surface area (Å²) in [6.45, 7) is 3.24. The summed E-state index contributed by atoms with van der Waals surface area (Å²) in [6.07, 6.45) is 6.10. The fraction of sp³-hybridized carbons (Fsp3) is 0.368. The van der Waals surface area contributed by atoms with Crippen LogP contribution >= 0.6 is 0 Å². The summed E-state index contributed by atoms with van der Waals surface area (Å²) in [5.74, 6) is 0.911. The molecule has 0 atom stereocenters. The van der Waals surface area contributed by atoms with Gasteiger partial charge in [-0.05, 0) is 53.8 Å². The van der Waals surface area contributed by atoms with E-state index in [0.29, 0.717) is 0 Å². The molecule has 0 saturated heterocycles.